The lowest BCUT2D eigenvalue weighted by Crippen LogP contribution is -2.38. The van der Waals surface area contributed by atoms with Gasteiger partial charge in [-0.1, -0.05) is 48.0 Å². The largest absolute Gasteiger partial charge is 0.481 e. The van der Waals surface area contributed by atoms with Gasteiger partial charge in [0.15, 0.2) is 0 Å². The van der Waals surface area contributed by atoms with E-state index in [1.807, 2.05) is 48.5 Å². The number of nitrogens with one attached hydrogen (secondary N) is 1. The number of carboxylic acid groups (broad SMARTS) is 1. The molecule has 0 saturated carbocycles. The molecule has 7 heteroatoms. The monoisotopic (exact) mass is 403 g/mol. The molecule has 2 aromatic carbocycles. The Labute approximate surface area is 168 Å². The predicted molar refractivity (Wildman–Crippen MR) is 106 cm³/mol. The van der Waals surface area contributed by atoms with Gasteiger partial charge in [0.05, 0.1) is 20.0 Å². The Hall–Kier alpha value is -2.86. The number of hydrogen-bond donors (Lipinski definition) is 2. The molecule has 0 unspecified atom stereocenters. The molecule has 2 rings (SSSR count). The summed E-state index contributed by atoms with van der Waals surface area (Å²) in [5, 5.41) is 12.1. The molecule has 0 aliphatic heterocycles. The number of carbonyl (C=O) groups excluding carboxylic acids is 2. The number of carboxylic acids is 1. The molecule has 2 N–H and O–H groups in total. The van der Waals surface area contributed by atoms with Gasteiger partial charge in [-0.05, 0) is 35.2 Å². The van der Waals surface area contributed by atoms with Crippen molar-refractivity contribution >= 4 is 29.4 Å². The summed E-state index contributed by atoms with van der Waals surface area (Å²) in [7, 11) is 1.28. The molecule has 0 heterocycles. The number of esters is 1. The zero-order valence-corrected chi connectivity index (χ0v) is 16.2. The van der Waals surface area contributed by atoms with Crippen LogP contribution in [0.1, 0.15) is 24.8 Å². The second-order valence-corrected chi connectivity index (χ2v) is 6.79. The second kappa shape index (κ2) is 10.5. The SMILES string of the molecule is COC(=O)C[C@@H](Cc1ccc(-c2cccc(Cl)c2)cc1)NC(=O)CCC(=O)O. The van der Waals surface area contributed by atoms with Gasteiger partial charge in [0.25, 0.3) is 0 Å². The van der Waals surface area contributed by atoms with E-state index in [1.54, 1.807) is 0 Å². The minimum absolute atomic E-state index is 0.00531. The molecule has 1 atom stereocenters. The van der Waals surface area contributed by atoms with Crippen LogP contribution in [0, 0.1) is 0 Å². The van der Waals surface area contributed by atoms with Gasteiger partial charge in [0, 0.05) is 17.5 Å². The third-order valence-electron chi connectivity index (χ3n) is 4.17. The second-order valence-electron chi connectivity index (χ2n) is 6.35. The van der Waals surface area contributed by atoms with E-state index in [9.17, 15) is 14.4 Å². The van der Waals surface area contributed by atoms with Crippen molar-refractivity contribution in [2.45, 2.75) is 31.7 Å². The van der Waals surface area contributed by atoms with E-state index in [2.05, 4.69) is 10.1 Å². The van der Waals surface area contributed by atoms with Crippen LogP contribution in [0.3, 0.4) is 0 Å². The van der Waals surface area contributed by atoms with Crippen molar-refractivity contribution in [3.8, 4) is 11.1 Å². The number of halogens is 1. The van der Waals surface area contributed by atoms with Crippen molar-refractivity contribution < 1.29 is 24.2 Å². The maximum Gasteiger partial charge on any atom is 0.307 e. The Balaban J connectivity index is 2.06. The smallest absolute Gasteiger partial charge is 0.307 e. The maximum absolute atomic E-state index is 11.9. The first-order valence-electron chi connectivity index (χ1n) is 8.80. The Morgan fingerprint density at radius 3 is 2.39 bits per heavy atom. The van der Waals surface area contributed by atoms with E-state index in [0.717, 1.165) is 16.7 Å². The summed E-state index contributed by atoms with van der Waals surface area (Å²) in [6, 6.07) is 14.8. The molecule has 2 aromatic rings. The highest BCUT2D eigenvalue weighted by Crippen LogP contribution is 2.23. The lowest BCUT2D eigenvalue weighted by molar-refractivity contribution is -0.142. The van der Waals surface area contributed by atoms with Crippen molar-refractivity contribution in [2.24, 2.45) is 0 Å². The molecule has 0 saturated heterocycles. The molecule has 6 nitrogen and oxygen atoms in total. The minimum Gasteiger partial charge on any atom is -0.481 e. The quantitative estimate of drug-likeness (QED) is 0.625. The number of hydrogen-bond acceptors (Lipinski definition) is 4. The summed E-state index contributed by atoms with van der Waals surface area (Å²) in [6.07, 6.45) is 0.0287. The highest BCUT2D eigenvalue weighted by Gasteiger charge is 2.18. The van der Waals surface area contributed by atoms with Gasteiger partial charge in [-0.25, -0.2) is 0 Å². The number of amides is 1. The molecule has 148 valence electrons. The van der Waals surface area contributed by atoms with Gasteiger partial charge < -0.3 is 15.2 Å². The van der Waals surface area contributed by atoms with Crippen molar-refractivity contribution in [1.82, 2.24) is 5.32 Å². The zero-order chi connectivity index (χ0) is 20.5. The number of carbonyl (C=O) groups is 3. The van der Waals surface area contributed by atoms with Crippen LogP contribution in [0.5, 0.6) is 0 Å². The van der Waals surface area contributed by atoms with E-state index < -0.39 is 23.9 Å². The fraction of sp³-hybridized carbons (Fsp3) is 0.286. The van der Waals surface area contributed by atoms with E-state index >= 15 is 0 Å². The van der Waals surface area contributed by atoms with Crippen LogP contribution >= 0.6 is 11.6 Å². The molecule has 0 radical (unpaired) electrons. The Bertz CT molecular complexity index is 835. The summed E-state index contributed by atoms with van der Waals surface area (Å²) in [5.74, 6) is -1.90. The first-order chi connectivity index (χ1) is 13.4. The van der Waals surface area contributed by atoms with Gasteiger partial charge in [-0.15, -0.1) is 0 Å². The van der Waals surface area contributed by atoms with Crippen molar-refractivity contribution in [3.05, 3.63) is 59.1 Å². The van der Waals surface area contributed by atoms with Crippen LogP contribution in [0.4, 0.5) is 0 Å². The first-order valence-corrected chi connectivity index (χ1v) is 9.18. The van der Waals surface area contributed by atoms with Crippen LogP contribution in [0.2, 0.25) is 5.02 Å². The van der Waals surface area contributed by atoms with Gasteiger partial charge in [0.2, 0.25) is 5.91 Å². The number of rotatable bonds is 9. The minimum atomic E-state index is -1.05. The lowest BCUT2D eigenvalue weighted by Gasteiger charge is -2.18. The third-order valence-corrected chi connectivity index (χ3v) is 4.40. The lowest BCUT2D eigenvalue weighted by atomic mass is 9.99. The van der Waals surface area contributed by atoms with Crippen molar-refractivity contribution in [2.75, 3.05) is 7.11 Å². The topological polar surface area (TPSA) is 92.7 Å². The van der Waals surface area contributed by atoms with E-state index in [4.69, 9.17) is 16.7 Å². The fourth-order valence-electron chi connectivity index (χ4n) is 2.76. The van der Waals surface area contributed by atoms with Crippen LogP contribution in [0.15, 0.2) is 48.5 Å². The molecule has 0 fully saturated rings. The van der Waals surface area contributed by atoms with Crippen LogP contribution in [0.25, 0.3) is 11.1 Å². The summed E-state index contributed by atoms with van der Waals surface area (Å²) < 4.78 is 4.69. The Kier molecular flexibility index (Phi) is 8.02. The maximum atomic E-state index is 11.9. The Morgan fingerprint density at radius 1 is 1.07 bits per heavy atom. The molecular weight excluding hydrogens is 382 g/mol. The highest BCUT2D eigenvalue weighted by atomic mass is 35.5. The number of methoxy groups -OCH3 is 1. The molecule has 0 aliphatic rings. The van der Waals surface area contributed by atoms with Crippen LogP contribution in [-0.2, 0) is 25.5 Å². The fourth-order valence-corrected chi connectivity index (χ4v) is 2.96. The molecule has 0 aromatic heterocycles. The molecule has 0 aliphatic carbocycles. The van der Waals surface area contributed by atoms with Crippen molar-refractivity contribution in [1.29, 1.82) is 0 Å². The third kappa shape index (κ3) is 7.04. The number of benzene rings is 2. The average Bonchev–Trinajstić information content (AvgIpc) is 2.66. The molecule has 28 heavy (non-hydrogen) atoms. The van der Waals surface area contributed by atoms with Gasteiger partial charge in [-0.3, -0.25) is 14.4 Å². The van der Waals surface area contributed by atoms with Crippen LogP contribution in [-0.4, -0.2) is 36.1 Å². The van der Waals surface area contributed by atoms with Gasteiger partial charge in [-0.2, -0.15) is 0 Å². The highest BCUT2D eigenvalue weighted by molar-refractivity contribution is 6.30. The van der Waals surface area contributed by atoms with E-state index in [-0.39, 0.29) is 19.3 Å². The van der Waals surface area contributed by atoms with Crippen molar-refractivity contribution in [3.63, 3.8) is 0 Å². The molecule has 0 spiro atoms. The van der Waals surface area contributed by atoms with Gasteiger partial charge in [0.1, 0.15) is 0 Å². The molecular formula is C21H22ClNO5. The summed E-state index contributed by atoms with van der Waals surface area (Å²) in [4.78, 5) is 34.2. The predicted octanol–water partition coefficient (Wildman–Crippen LogP) is 3.46. The van der Waals surface area contributed by atoms with E-state index in [0.29, 0.717) is 11.4 Å². The summed E-state index contributed by atoms with van der Waals surface area (Å²) >= 11 is 6.03. The standard InChI is InChI=1S/C21H22ClNO5/c1-28-21(27)13-18(23-19(24)9-10-20(25)26)11-14-5-7-15(8-6-14)16-3-2-4-17(22)12-16/h2-8,12,18H,9-11,13H2,1H3,(H,23,24)(H,25,26)/t18-/m1/s1. The molecule has 0 bridgehead atoms. The summed E-state index contributed by atoms with van der Waals surface area (Å²) in [6.45, 7) is 0. The van der Waals surface area contributed by atoms with E-state index in [1.165, 1.54) is 7.11 Å². The van der Waals surface area contributed by atoms with Gasteiger partial charge >= 0.3 is 11.9 Å². The number of ether oxygens (including phenoxy) is 1. The molecule has 1 amide bonds. The Morgan fingerprint density at radius 2 is 1.79 bits per heavy atom. The van der Waals surface area contributed by atoms with Crippen LogP contribution < -0.4 is 5.32 Å². The first kappa shape index (κ1) is 21.4. The number of aliphatic carboxylic acids is 1. The average molecular weight is 404 g/mol. The summed E-state index contributed by atoms with van der Waals surface area (Å²) in [5.41, 5.74) is 2.92. The normalized spacial score (nSPS) is 11.5. The zero-order valence-electron chi connectivity index (χ0n) is 15.5.